The fourth-order valence-corrected chi connectivity index (χ4v) is 5.63. The van der Waals surface area contributed by atoms with Gasteiger partial charge in [0.25, 0.3) is 5.91 Å². The molecule has 2 aromatic heterocycles. The lowest BCUT2D eigenvalue weighted by atomic mass is 9.90. The van der Waals surface area contributed by atoms with E-state index in [1.165, 1.54) is 11.8 Å². The van der Waals surface area contributed by atoms with Gasteiger partial charge in [-0.25, -0.2) is 4.99 Å². The molecule has 0 aliphatic carbocycles. The first-order valence-corrected chi connectivity index (χ1v) is 12.5. The molecule has 0 aromatic carbocycles. The summed E-state index contributed by atoms with van der Waals surface area (Å²) < 4.78 is 16.4. The van der Waals surface area contributed by atoms with Crippen LogP contribution in [0.15, 0.2) is 46.1 Å². The summed E-state index contributed by atoms with van der Waals surface area (Å²) in [6, 6.07) is 6.65. The number of furan rings is 1. The minimum absolute atomic E-state index is 0.0584. The van der Waals surface area contributed by atoms with Crippen LogP contribution >= 0.6 is 11.8 Å². The van der Waals surface area contributed by atoms with Gasteiger partial charge in [0.15, 0.2) is 11.0 Å². The molecule has 0 bridgehead atoms. The third kappa shape index (κ3) is 5.41. The average molecular weight is 485 g/mol. The zero-order valence-electron chi connectivity index (χ0n) is 18.9. The number of ketones is 1. The van der Waals surface area contributed by atoms with Crippen molar-refractivity contribution in [3.63, 3.8) is 0 Å². The number of aliphatic imine (C=N–C) groups is 1. The number of aromatic nitrogens is 1. The van der Waals surface area contributed by atoms with Crippen LogP contribution in [0.4, 0.5) is 0 Å². The number of rotatable bonds is 6. The summed E-state index contributed by atoms with van der Waals surface area (Å²) in [6.45, 7) is 4.98. The standard InChI is InChI=1S/C24H28N4O5S/c29-21(16-4-10-31-11-5-16)22-20(19-2-1-9-33-19)26-24(34-22)27-23(30)17-3-6-25-18(14-17)15-28-7-12-32-13-8-28/h1-3,6,9,14,16,20,22H,4-5,7-8,10-13,15H2,(H,26,27,30). The quantitative estimate of drug-likeness (QED) is 0.667. The molecular weight excluding hydrogens is 456 g/mol. The molecule has 3 aliphatic rings. The zero-order valence-corrected chi connectivity index (χ0v) is 19.7. The number of carbonyl (C=O) groups is 2. The molecule has 5 rings (SSSR count). The van der Waals surface area contributed by atoms with Gasteiger partial charge in [-0.15, -0.1) is 0 Å². The predicted octanol–water partition coefficient (Wildman–Crippen LogP) is 2.45. The number of amides is 1. The number of nitrogens with zero attached hydrogens (tertiary/aromatic N) is 3. The summed E-state index contributed by atoms with van der Waals surface area (Å²) in [5.41, 5.74) is 1.34. The highest BCUT2D eigenvalue weighted by Crippen LogP contribution is 2.40. The van der Waals surface area contributed by atoms with Gasteiger partial charge in [0, 0.05) is 50.5 Å². The molecular formula is C24H28N4O5S. The molecule has 34 heavy (non-hydrogen) atoms. The van der Waals surface area contributed by atoms with Gasteiger partial charge in [-0.1, -0.05) is 11.8 Å². The summed E-state index contributed by atoms with van der Waals surface area (Å²) in [5, 5.41) is 2.90. The van der Waals surface area contributed by atoms with Gasteiger partial charge >= 0.3 is 0 Å². The van der Waals surface area contributed by atoms with E-state index in [-0.39, 0.29) is 17.6 Å². The first kappa shape index (κ1) is 23.2. The minimum atomic E-state index is -0.458. The zero-order chi connectivity index (χ0) is 23.3. The summed E-state index contributed by atoms with van der Waals surface area (Å²) >= 11 is 1.30. The molecule has 180 valence electrons. The Balaban J connectivity index is 1.28. The van der Waals surface area contributed by atoms with Crippen LogP contribution in [0.25, 0.3) is 0 Å². The van der Waals surface area contributed by atoms with E-state index in [1.54, 1.807) is 30.7 Å². The Bertz CT molecular complexity index is 1030. The molecule has 1 amide bonds. The van der Waals surface area contributed by atoms with Crippen LogP contribution in [-0.2, 0) is 20.8 Å². The molecule has 5 heterocycles. The number of morpholine rings is 1. The van der Waals surface area contributed by atoms with Crippen LogP contribution in [0.3, 0.4) is 0 Å². The Kier molecular flexibility index (Phi) is 7.39. The molecule has 9 nitrogen and oxygen atoms in total. The van der Waals surface area contributed by atoms with Crippen molar-refractivity contribution in [1.82, 2.24) is 15.2 Å². The smallest absolute Gasteiger partial charge is 0.257 e. The maximum absolute atomic E-state index is 13.3. The number of ether oxygens (including phenoxy) is 2. The van der Waals surface area contributed by atoms with Gasteiger partial charge in [-0.2, -0.15) is 0 Å². The fourth-order valence-electron chi connectivity index (χ4n) is 4.43. The SMILES string of the molecule is O=C(NC1=NC(c2ccco2)C(C(=O)C2CCOCC2)S1)c1ccnc(CN2CCOCC2)c1. The van der Waals surface area contributed by atoms with Crippen LogP contribution in [0, 0.1) is 5.92 Å². The topological polar surface area (TPSA) is 106 Å². The highest BCUT2D eigenvalue weighted by Gasteiger charge is 2.41. The molecule has 2 atom stereocenters. The summed E-state index contributed by atoms with van der Waals surface area (Å²) in [7, 11) is 0. The van der Waals surface area contributed by atoms with E-state index >= 15 is 0 Å². The van der Waals surface area contributed by atoms with Crippen LogP contribution < -0.4 is 5.32 Å². The van der Waals surface area contributed by atoms with E-state index in [0.29, 0.717) is 62.3 Å². The monoisotopic (exact) mass is 484 g/mol. The van der Waals surface area contributed by atoms with Crippen LogP contribution in [-0.4, -0.2) is 71.5 Å². The van der Waals surface area contributed by atoms with Gasteiger partial charge in [0.2, 0.25) is 0 Å². The largest absolute Gasteiger partial charge is 0.467 e. The molecule has 0 spiro atoms. The van der Waals surface area contributed by atoms with E-state index in [4.69, 9.17) is 13.9 Å². The van der Waals surface area contributed by atoms with Crippen molar-refractivity contribution in [2.45, 2.75) is 30.7 Å². The van der Waals surface area contributed by atoms with Crippen LogP contribution in [0.1, 0.15) is 40.7 Å². The van der Waals surface area contributed by atoms with Crippen molar-refractivity contribution in [3.05, 3.63) is 53.7 Å². The predicted molar refractivity (Wildman–Crippen MR) is 127 cm³/mol. The molecule has 2 unspecified atom stereocenters. The summed E-state index contributed by atoms with van der Waals surface area (Å²) in [4.78, 5) is 37.7. The van der Waals surface area contributed by atoms with E-state index in [9.17, 15) is 9.59 Å². The van der Waals surface area contributed by atoms with Gasteiger partial charge in [-0.3, -0.25) is 19.5 Å². The van der Waals surface area contributed by atoms with Gasteiger partial charge in [0.05, 0.1) is 25.2 Å². The van der Waals surface area contributed by atoms with Crippen molar-refractivity contribution >= 4 is 28.6 Å². The minimum Gasteiger partial charge on any atom is -0.467 e. The van der Waals surface area contributed by atoms with Gasteiger partial charge in [-0.05, 0) is 37.1 Å². The van der Waals surface area contributed by atoms with Crippen molar-refractivity contribution in [2.75, 3.05) is 39.5 Å². The number of hydrogen-bond acceptors (Lipinski definition) is 9. The lowest BCUT2D eigenvalue weighted by molar-refractivity contribution is -0.125. The number of nitrogens with one attached hydrogen (secondary N) is 1. The highest BCUT2D eigenvalue weighted by atomic mass is 32.2. The van der Waals surface area contributed by atoms with Crippen molar-refractivity contribution in [1.29, 1.82) is 0 Å². The molecule has 1 N–H and O–H groups in total. The Morgan fingerprint density at radius 2 is 1.91 bits per heavy atom. The molecule has 3 aliphatic heterocycles. The first-order valence-electron chi connectivity index (χ1n) is 11.6. The van der Waals surface area contributed by atoms with Gasteiger partial charge < -0.3 is 19.2 Å². The number of pyridine rings is 1. The average Bonchev–Trinajstić information content (AvgIpc) is 3.55. The normalized spacial score (nSPS) is 24.1. The van der Waals surface area contributed by atoms with Crippen molar-refractivity contribution in [3.8, 4) is 0 Å². The maximum Gasteiger partial charge on any atom is 0.257 e. The van der Waals surface area contributed by atoms with E-state index in [0.717, 1.165) is 18.8 Å². The second-order valence-corrected chi connectivity index (χ2v) is 9.73. The molecule has 2 fully saturated rings. The van der Waals surface area contributed by atoms with E-state index < -0.39 is 11.3 Å². The van der Waals surface area contributed by atoms with E-state index in [2.05, 4.69) is 20.2 Å². The molecule has 2 saturated heterocycles. The second-order valence-electron chi connectivity index (χ2n) is 8.60. The number of carbonyl (C=O) groups excluding carboxylic acids is 2. The van der Waals surface area contributed by atoms with Crippen molar-refractivity contribution in [2.24, 2.45) is 10.9 Å². The summed E-state index contributed by atoms with van der Waals surface area (Å²) in [6.07, 6.45) is 4.66. The lowest BCUT2D eigenvalue weighted by Gasteiger charge is -2.26. The fraction of sp³-hybridized carbons (Fsp3) is 0.500. The van der Waals surface area contributed by atoms with Crippen molar-refractivity contribution < 1.29 is 23.5 Å². The second kappa shape index (κ2) is 10.8. The molecule has 2 aromatic rings. The third-order valence-corrected chi connectivity index (χ3v) is 7.48. The first-order chi connectivity index (χ1) is 16.7. The number of Topliss-reactive ketones (excluding diaryl/α,β-unsaturated/α-hetero) is 1. The third-order valence-electron chi connectivity index (χ3n) is 6.31. The number of amidine groups is 1. The Morgan fingerprint density at radius 3 is 2.68 bits per heavy atom. The summed E-state index contributed by atoms with van der Waals surface area (Å²) in [5.74, 6) is 0.435. The number of hydrogen-bond donors (Lipinski definition) is 1. The van der Waals surface area contributed by atoms with E-state index in [1.807, 2.05) is 6.07 Å². The van der Waals surface area contributed by atoms with Crippen LogP contribution in [0.5, 0.6) is 0 Å². The molecule has 10 heteroatoms. The Labute approximate surface area is 202 Å². The molecule has 0 radical (unpaired) electrons. The maximum atomic E-state index is 13.3. The van der Waals surface area contributed by atoms with Crippen LogP contribution in [0.2, 0.25) is 0 Å². The Hall–Kier alpha value is -2.53. The molecule has 0 saturated carbocycles. The highest BCUT2D eigenvalue weighted by molar-refractivity contribution is 8.15. The lowest BCUT2D eigenvalue weighted by Crippen LogP contribution is -2.36. The Morgan fingerprint density at radius 1 is 1.12 bits per heavy atom. The van der Waals surface area contributed by atoms with Gasteiger partial charge in [0.1, 0.15) is 17.1 Å². The number of thioether (sulfide) groups is 1.